The van der Waals surface area contributed by atoms with Crippen molar-refractivity contribution >= 4 is 32.8 Å². The van der Waals surface area contributed by atoms with Crippen LogP contribution in [0.3, 0.4) is 0 Å². The first-order valence-corrected chi connectivity index (χ1v) is 9.49. The first-order valence-electron chi connectivity index (χ1n) is 7.06. The number of hydrogen-bond acceptors (Lipinski definition) is 6. The molecule has 6 nitrogen and oxygen atoms in total. The Morgan fingerprint density at radius 3 is 2.68 bits per heavy atom. The number of rotatable bonds is 6. The molecule has 0 aliphatic carbocycles. The Bertz CT molecular complexity index is 603. The lowest BCUT2D eigenvalue weighted by atomic mass is 10.2. The second-order valence-electron chi connectivity index (χ2n) is 5.24. The number of aliphatic hydroxyl groups excluding tert-OH is 1. The summed E-state index contributed by atoms with van der Waals surface area (Å²) in [7, 11) is -3.36. The Labute approximate surface area is 135 Å². The fourth-order valence-electron chi connectivity index (χ4n) is 2.28. The Hall–Kier alpha value is -1.02. The minimum atomic E-state index is -3.36. The number of morpholine rings is 1. The molecule has 0 aromatic heterocycles. The summed E-state index contributed by atoms with van der Waals surface area (Å²) in [6.07, 6.45) is 0.431. The molecule has 0 amide bonds. The quantitative estimate of drug-likeness (QED) is 0.745. The molecule has 1 unspecified atom stereocenters. The van der Waals surface area contributed by atoms with Crippen LogP contribution in [0.4, 0.5) is 11.4 Å². The number of hydrogen-bond donors (Lipinski definition) is 2. The van der Waals surface area contributed by atoms with Crippen LogP contribution in [-0.2, 0) is 14.6 Å². The van der Waals surface area contributed by atoms with Crippen LogP contribution in [0.25, 0.3) is 0 Å². The number of nitrogens with one attached hydrogen (secondary N) is 1. The van der Waals surface area contributed by atoms with Crippen LogP contribution >= 0.6 is 11.6 Å². The maximum absolute atomic E-state index is 11.9. The summed E-state index contributed by atoms with van der Waals surface area (Å²) in [4.78, 5) is 2.35. The van der Waals surface area contributed by atoms with Gasteiger partial charge >= 0.3 is 0 Å². The van der Waals surface area contributed by atoms with Gasteiger partial charge in [-0.25, -0.2) is 8.42 Å². The van der Waals surface area contributed by atoms with Crippen LogP contribution < -0.4 is 10.2 Å². The molecule has 1 aliphatic rings. The average Bonchev–Trinajstić information content (AvgIpc) is 2.52. The zero-order valence-corrected chi connectivity index (χ0v) is 14.0. The fraction of sp³-hybridized carbons (Fsp3) is 0.571. The van der Waals surface area contributed by atoms with Crippen molar-refractivity contribution in [2.24, 2.45) is 0 Å². The van der Waals surface area contributed by atoms with E-state index in [1.165, 1.54) is 6.26 Å². The highest BCUT2D eigenvalue weighted by molar-refractivity contribution is 7.90. The van der Waals surface area contributed by atoms with Gasteiger partial charge in [-0.3, -0.25) is 0 Å². The van der Waals surface area contributed by atoms with E-state index in [1.807, 2.05) is 0 Å². The third-order valence-corrected chi connectivity index (χ3v) is 4.96. The zero-order valence-electron chi connectivity index (χ0n) is 12.5. The molecule has 22 heavy (non-hydrogen) atoms. The van der Waals surface area contributed by atoms with Gasteiger partial charge in [0.15, 0.2) is 9.84 Å². The predicted molar refractivity (Wildman–Crippen MR) is 87.8 cm³/mol. The van der Waals surface area contributed by atoms with Crippen LogP contribution in [-0.4, -0.2) is 64.6 Å². The van der Waals surface area contributed by atoms with Crippen LogP contribution in [0, 0.1) is 0 Å². The smallest absolute Gasteiger partial charge is 0.177 e. The lowest BCUT2D eigenvalue weighted by Gasteiger charge is -2.29. The SMILES string of the molecule is CS(=O)(=O)c1ccc(N2CCOCC2)cc1NCC(O)CCl. The summed E-state index contributed by atoms with van der Waals surface area (Å²) in [5, 5.41) is 12.5. The summed E-state index contributed by atoms with van der Waals surface area (Å²) in [5.41, 5.74) is 1.41. The third kappa shape index (κ3) is 4.49. The molecule has 1 heterocycles. The molecule has 1 atom stereocenters. The number of anilines is 2. The second kappa shape index (κ2) is 7.50. The number of halogens is 1. The van der Waals surface area contributed by atoms with Crippen molar-refractivity contribution in [1.29, 1.82) is 0 Å². The van der Waals surface area contributed by atoms with Gasteiger partial charge in [0.25, 0.3) is 0 Å². The average molecular weight is 349 g/mol. The first kappa shape index (κ1) is 17.3. The molecule has 1 saturated heterocycles. The number of aliphatic hydroxyl groups is 1. The van der Waals surface area contributed by atoms with Gasteiger partial charge < -0.3 is 20.1 Å². The molecule has 0 saturated carbocycles. The Balaban J connectivity index is 2.27. The molecule has 0 spiro atoms. The maximum Gasteiger partial charge on any atom is 0.177 e. The summed E-state index contributed by atoms with van der Waals surface area (Å²) >= 11 is 5.57. The largest absolute Gasteiger partial charge is 0.390 e. The lowest BCUT2D eigenvalue weighted by molar-refractivity contribution is 0.122. The van der Waals surface area contributed by atoms with E-state index < -0.39 is 15.9 Å². The van der Waals surface area contributed by atoms with E-state index in [-0.39, 0.29) is 17.3 Å². The third-order valence-electron chi connectivity index (χ3n) is 3.45. The number of nitrogens with zero attached hydrogens (tertiary/aromatic N) is 1. The maximum atomic E-state index is 11.9. The van der Waals surface area contributed by atoms with Gasteiger partial charge in [-0.05, 0) is 18.2 Å². The second-order valence-corrected chi connectivity index (χ2v) is 7.53. The monoisotopic (exact) mass is 348 g/mol. The van der Waals surface area contributed by atoms with Crippen molar-refractivity contribution in [2.75, 3.05) is 55.2 Å². The minimum absolute atomic E-state index is 0.0877. The van der Waals surface area contributed by atoms with Crippen LogP contribution in [0.2, 0.25) is 0 Å². The molecule has 0 bridgehead atoms. The Morgan fingerprint density at radius 2 is 2.09 bits per heavy atom. The molecular formula is C14H21ClN2O4S. The van der Waals surface area contributed by atoms with Crippen molar-refractivity contribution in [3.8, 4) is 0 Å². The highest BCUT2D eigenvalue weighted by atomic mass is 35.5. The van der Waals surface area contributed by atoms with E-state index in [4.69, 9.17) is 16.3 Å². The fourth-order valence-corrected chi connectivity index (χ4v) is 3.23. The summed E-state index contributed by atoms with van der Waals surface area (Å²) in [6, 6.07) is 5.18. The van der Waals surface area contributed by atoms with E-state index in [2.05, 4.69) is 10.2 Å². The number of benzene rings is 1. The van der Waals surface area contributed by atoms with E-state index in [9.17, 15) is 13.5 Å². The van der Waals surface area contributed by atoms with E-state index in [0.29, 0.717) is 18.9 Å². The lowest BCUT2D eigenvalue weighted by Crippen LogP contribution is -2.36. The summed E-state index contributed by atoms with van der Waals surface area (Å²) in [6.45, 7) is 3.03. The molecule has 1 aromatic carbocycles. The molecule has 124 valence electrons. The van der Waals surface area contributed by atoms with Crippen molar-refractivity contribution in [2.45, 2.75) is 11.0 Å². The number of alkyl halides is 1. The van der Waals surface area contributed by atoms with Crippen LogP contribution in [0.1, 0.15) is 0 Å². The number of ether oxygens (including phenoxy) is 1. The topological polar surface area (TPSA) is 78.9 Å². The Kier molecular flexibility index (Phi) is 5.91. The van der Waals surface area contributed by atoms with E-state index in [1.54, 1.807) is 18.2 Å². The van der Waals surface area contributed by atoms with Crippen molar-refractivity contribution < 1.29 is 18.3 Å². The molecular weight excluding hydrogens is 328 g/mol. The first-order chi connectivity index (χ1) is 10.4. The Morgan fingerprint density at radius 1 is 1.41 bits per heavy atom. The van der Waals surface area contributed by atoms with Gasteiger partial charge in [0.05, 0.1) is 35.8 Å². The van der Waals surface area contributed by atoms with Crippen molar-refractivity contribution in [1.82, 2.24) is 0 Å². The minimum Gasteiger partial charge on any atom is -0.390 e. The van der Waals surface area contributed by atoms with Gasteiger partial charge in [-0.15, -0.1) is 11.6 Å². The van der Waals surface area contributed by atoms with Crippen LogP contribution in [0.5, 0.6) is 0 Å². The molecule has 0 radical (unpaired) electrons. The summed E-state index contributed by atoms with van der Waals surface area (Å²) < 4.78 is 29.1. The van der Waals surface area contributed by atoms with Crippen molar-refractivity contribution in [3.05, 3.63) is 18.2 Å². The number of sulfone groups is 1. The van der Waals surface area contributed by atoms with Crippen LogP contribution in [0.15, 0.2) is 23.1 Å². The van der Waals surface area contributed by atoms with Gasteiger partial charge in [-0.2, -0.15) is 0 Å². The van der Waals surface area contributed by atoms with Gasteiger partial charge in [0, 0.05) is 31.6 Å². The molecule has 1 aromatic rings. The molecule has 2 N–H and O–H groups in total. The van der Waals surface area contributed by atoms with E-state index >= 15 is 0 Å². The molecule has 2 rings (SSSR count). The van der Waals surface area contributed by atoms with Crippen molar-refractivity contribution in [3.63, 3.8) is 0 Å². The highest BCUT2D eigenvalue weighted by Gasteiger charge is 2.18. The zero-order chi connectivity index (χ0) is 16.2. The van der Waals surface area contributed by atoms with Gasteiger partial charge in [0.1, 0.15) is 0 Å². The van der Waals surface area contributed by atoms with E-state index in [0.717, 1.165) is 18.8 Å². The standard InChI is InChI=1S/C14H21ClN2O4S/c1-22(19,20)14-3-2-11(17-4-6-21-7-5-17)8-13(14)16-10-12(18)9-15/h2-3,8,12,16,18H,4-7,9-10H2,1H3. The van der Waals surface area contributed by atoms with Gasteiger partial charge in [-0.1, -0.05) is 0 Å². The predicted octanol–water partition coefficient (Wildman–Crippen LogP) is 0.938. The van der Waals surface area contributed by atoms with Gasteiger partial charge in [0.2, 0.25) is 0 Å². The highest BCUT2D eigenvalue weighted by Crippen LogP contribution is 2.28. The normalized spacial score (nSPS) is 17.3. The molecule has 1 aliphatic heterocycles. The molecule has 8 heteroatoms. The molecule has 1 fully saturated rings. The summed E-state index contributed by atoms with van der Waals surface area (Å²) in [5.74, 6) is 0.0877.